The first-order valence-corrected chi connectivity index (χ1v) is 8.56. The summed E-state index contributed by atoms with van der Waals surface area (Å²) in [7, 11) is 5.65. The van der Waals surface area contributed by atoms with Gasteiger partial charge in [0.2, 0.25) is 0 Å². The van der Waals surface area contributed by atoms with Crippen molar-refractivity contribution in [2.24, 2.45) is 4.99 Å². The van der Waals surface area contributed by atoms with Crippen LogP contribution in [0.2, 0.25) is 0 Å². The van der Waals surface area contributed by atoms with E-state index in [0.29, 0.717) is 0 Å². The van der Waals surface area contributed by atoms with Gasteiger partial charge in [0.05, 0.1) is 17.3 Å². The number of nitrogens with one attached hydrogen (secondary N) is 2. The molecule has 0 aliphatic heterocycles. The Balaban J connectivity index is 2.09. The van der Waals surface area contributed by atoms with Crippen molar-refractivity contribution in [1.29, 1.82) is 0 Å². The molecule has 0 unspecified atom stereocenters. The maximum absolute atomic E-state index is 5.07. The summed E-state index contributed by atoms with van der Waals surface area (Å²) in [5, 5.41) is 9.89. The number of aliphatic imine (C=N–C) groups is 1. The first kappa shape index (κ1) is 18.9. The fourth-order valence-corrected chi connectivity index (χ4v) is 2.61. The van der Waals surface area contributed by atoms with Crippen LogP contribution in [0.3, 0.4) is 0 Å². The molecule has 0 aliphatic rings. The normalized spacial score (nSPS) is 12.0. The summed E-state index contributed by atoms with van der Waals surface area (Å²) in [5.74, 6) is 0.853. The van der Waals surface area contributed by atoms with E-state index in [4.69, 9.17) is 4.74 Å². The molecule has 2 N–H and O–H groups in total. The Labute approximate surface area is 138 Å². The third kappa shape index (κ3) is 8.31. The van der Waals surface area contributed by atoms with Crippen LogP contribution in [-0.2, 0) is 11.2 Å². The van der Waals surface area contributed by atoms with Crippen LogP contribution in [-0.4, -0.2) is 69.8 Å². The summed E-state index contributed by atoms with van der Waals surface area (Å²) >= 11 is 1.70. The molecule has 0 saturated carbocycles. The summed E-state index contributed by atoms with van der Waals surface area (Å²) in [6, 6.07) is 0. The summed E-state index contributed by atoms with van der Waals surface area (Å²) in [6.07, 6.45) is 2.00. The number of thiazole rings is 1. The highest BCUT2D eigenvalue weighted by atomic mass is 32.1. The molecule has 22 heavy (non-hydrogen) atoms. The van der Waals surface area contributed by atoms with E-state index < -0.39 is 0 Å². The fourth-order valence-electron chi connectivity index (χ4n) is 1.97. The summed E-state index contributed by atoms with van der Waals surface area (Å²) in [5.41, 5.74) is 1.14. The minimum absolute atomic E-state index is 0.781. The lowest BCUT2D eigenvalue weighted by Gasteiger charge is -2.16. The fraction of sp³-hybridized carbons (Fsp3) is 0.733. The molecule has 1 rings (SSSR count). The number of methoxy groups -OCH3 is 1. The highest BCUT2D eigenvalue weighted by Gasteiger charge is 2.01. The molecule has 0 fully saturated rings. The summed E-state index contributed by atoms with van der Waals surface area (Å²) in [6.45, 7) is 6.58. The van der Waals surface area contributed by atoms with Crippen LogP contribution >= 0.6 is 11.3 Å². The Hall–Kier alpha value is -1.18. The van der Waals surface area contributed by atoms with Gasteiger partial charge in [0.15, 0.2) is 5.96 Å². The van der Waals surface area contributed by atoms with Crippen molar-refractivity contribution in [3.63, 3.8) is 0 Å². The van der Waals surface area contributed by atoms with Crippen LogP contribution in [0.15, 0.2) is 10.4 Å². The van der Waals surface area contributed by atoms with Crippen molar-refractivity contribution < 1.29 is 4.74 Å². The number of aryl methyl sites for hydroxylation is 1. The molecule has 0 spiro atoms. The molecule has 6 nitrogen and oxygen atoms in total. The predicted octanol–water partition coefficient (Wildman–Crippen LogP) is 1.13. The second-order valence-electron chi connectivity index (χ2n) is 5.18. The first-order valence-electron chi connectivity index (χ1n) is 7.68. The second kappa shape index (κ2) is 11.4. The lowest BCUT2D eigenvalue weighted by Crippen LogP contribution is -2.39. The van der Waals surface area contributed by atoms with Crippen molar-refractivity contribution in [2.45, 2.75) is 19.8 Å². The first-order chi connectivity index (χ1) is 10.7. The van der Waals surface area contributed by atoms with Crippen LogP contribution in [0, 0.1) is 6.92 Å². The zero-order chi connectivity index (χ0) is 16.2. The van der Waals surface area contributed by atoms with Crippen LogP contribution < -0.4 is 10.6 Å². The molecule has 1 aromatic heterocycles. The van der Waals surface area contributed by atoms with Gasteiger partial charge in [-0.2, -0.15) is 0 Å². The SMILES string of the molecule is CN=C(NCCCN(C)CCOC)NCCc1csc(C)n1. The van der Waals surface area contributed by atoms with E-state index in [0.717, 1.165) is 62.3 Å². The molecule has 0 radical (unpaired) electrons. The van der Waals surface area contributed by atoms with Gasteiger partial charge in [-0.1, -0.05) is 0 Å². The molecule has 0 aromatic carbocycles. The smallest absolute Gasteiger partial charge is 0.190 e. The monoisotopic (exact) mass is 327 g/mol. The van der Waals surface area contributed by atoms with Crippen LogP contribution in [0.4, 0.5) is 0 Å². The van der Waals surface area contributed by atoms with E-state index in [2.05, 4.69) is 37.9 Å². The topological polar surface area (TPSA) is 61.8 Å². The molecule has 0 amide bonds. The van der Waals surface area contributed by atoms with Crippen molar-refractivity contribution in [2.75, 3.05) is 54.0 Å². The molecular weight excluding hydrogens is 298 g/mol. The van der Waals surface area contributed by atoms with Crippen molar-refractivity contribution in [3.8, 4) is 0 Å². The minimum atomic E-state index is 0.781. The number of likely N-dealkylation sites (N-methyl/N-ethyl adjacent to an activating group) is 1. The summed E-state index contributed by atoms with van der Waals surface area (Å²) in [4.78, 5) is 11.0. The number of hydrogen-bond donors (Lipinski definition) is 2. The van der Waals surface area contributed by atoms with E-state index in [-0.39, 0.29) is 0 Å². The highest BCUT2D eigenvalue weighted by Crippen LogP contribution is 2.07. The minimum Gasteiger partial charge on any atom is -0.383 e. The van der Waals surface area contributed by atoms with Gasteiger partial charge in [-0.3, -0.25) is 4.99 Å². The number of guanidine groups is 1. The van der Waals surface area contributed by atoms with Crippen LogP contribution in [0.25, 0.3) is 0 Å². The van der Waals surface area contributed by atoms with Crippen molar-refractivity contribution in [1.82, 2.24) is 20.5 Å². The van der Waals surface area contributed by atoms with E-state index in [1.165, 1.54) is 0 Å². The van der Waals surface area contributed by atoms with E-state index in [1.807, 2.05) is 6.92 Å². The van der Waals surface area contributed by atoms with Crippen LogP contribution in [0.5, 0.6) is 0 Å². The van der Waals surface area contributed by atoms with Gasteiger partial charge in [0, 0.05) is 45.6 Å². The maximum Gasteiger partial charge on any atom is 0.190 e. The Bertz CT molecular complexity index is 435. The Morgan fingerprint density at radius 1 is 1.36 bits per heavy atom. The zero-order valence-corrected chi connectivity index (χ0v) is 15.0. The largest absolute Gasteiger partial charge is 0.383 e. The lowest BCUT2D eigenvalue weighted by molar-refractivity contribution is 0.161. The zero-order valence-electron chi connectivity index (χ0n) is 14.2. The van der Waals surface area contributed by atoms with Crippen molar-refractivity contribution in [3.05, 3.63) is 16.1 Å². The molecule has 126 valence electrons. The average molecular weight is 327 g/mol. The highest BCUT2D eigenvalue weighted by molar-refractivity contribution is 7.09. The van der Waals surface area contributed by atoms with Gasteiger partial charge in [-0.15, -0.1) is 11.3 Å². The Kier molecular flexibility index (Phi) is 9.77. The quantitative estimate of drug-likeness (QED) is 0.383. The molecule has 0 bridgehead atoms. The standard InChI is InChI=1S/C15H29N5OS/c1-13-19-14(12-22-13)6-8-18-15(16-2)17-7-5-9-20(3)10-11-21-4/h12H,5-11H2,1-4H3,(H2,16,17,18). The van der Waals surface area contributed by atoms with Gasteiger partial charge >= 0.3 is 0 Å². The molecular formula is C15H29N5OS. The number of rotatable bonds is 10. The van der Waals surface area contributed by atoms with Gasteiger partial charge in [0.25, 0.3) is 0 Å². The third-order valence-electron chi connectivity index (χ3n) is 3.25. The van der Waals surface area contributed by atoms with E-state index in [1.54, 1.807) is 25.5 Å². The molecule has 1 heterocycles. The number of aromatic nitrogens is 1. The molecule has 0 aliphatic carbocycles. The number of nitrogens with zero attached hydrogens (tertiary/aromatic N) is 3. The molecule has 1 aromatic rings. The molecule has 7 heteroatoms. The number of hydrogen-bond acceptors (Lipinski definition) is 5. The van der Waals surface area contributed by atoms with Gasteiger partial charge < -0.3 is 20.3 Å². The summed E-state index contributed by atoms with van der Waals surface area (Å²) < 4.78 is 5.07. The predicted molar refractivity (Wildman–Crippen MR) is 93.9 cm³/mol. The lowest BCUT2D eigenvalue weighted by atomic mass is 10.3. The molecule has 0 atom stereocenters. The van der Waals surface area contributed by atoms with Crippen molar-refractivity contribution >= 4 is 17.3 Å². The second-order valence-corrected chi connectivity index (χ2v) is 6.25. The van der Waals surface area contributed by atoms with Crippen LogP contribution in [0.1, 0.15) is 17.1 Å². The van der Waals surface area contributed by atoms with Gasteiger partial charge in [-0.25, -0.2) is 4.98 Å². The van der Waals surface area contributed by atoms with Gasteiger partial charge in [0.1, 0.15) is 0 Å². The number of ether oxygens (including phenoxy) is 1. The average Bonchev–Trinajstić information content (AvgIpc) is 2.93. The molecule has 0 saturated heterocycles. The van der Waals surface area contributed by atoms with E-state index >= 15 is 0 Å². The Morgan fingerprint density at radius 2 is 2.14 bits per heavy atom. The Morgan fingerprint density at radius 3 is 2.77 bits per heavy atom. The van der Waals surface area contributed by atoms with Gasteiger partial charge in [-0.05, 0) is 26.9 Å². The van der Waals surface area contributed by atoms with E-state index in [9.17, 15) is 0 Å². The third-order valence-corrected chi connectivity index (χ3v) is 4.07. The maximum atomic E-state index is 5.07.